The van der Waals surface area contributed by atoms with Crippen molar-refractivity contribution in [3.8, 4) is 0 Å². The molecule has 5 nitrogen and oxygen atoms in total. The molecule has 0 aliphatic rings. The third kappa shape index (κ3) is 2.87. The van der Waals surface area contributed by atoms with Gasteiger partial charge in [0.25, 0.3) is 0 Å². The molecule has 5 heteroatoms. The average Bonchev–Trinajstić information content (AvgIpc) is 2.84. The Balaban J connectivity index is 1.76. The molecule has 2 N–H and O–H groups in total. The molecule has 1 aromatic carbocycles. The normalized spacial score (nSPS) is 12.6. The molecule has 0 aliphatic carbocycles. The standard InChI is InChI=1S/C11H14N4O/c16-10(11-12-14-15-13-11)8-4-7-9-5-2-1-3-6-9/h1-3,5-6,10,16H,4,7-8H2,(H,12,13,14,15). The van der Waals surface area contributed by atoms with E-state index in [1.54, 1.807) is 0 Å². The molecule has 16 heavy (non-hydrogen) atoms. The fraction of sp³-hybridized carbons (Fsp3) is 0.364. The van der Waals surface area contributed by atoms with Crippen LogP contribution in [0, 0.1) is 0 Å². The summed E-state index contributed by atoms with van der Waals surface area (Å²) in [4.78, 5) is 0. The molecule has 0 spiro atoms. The van der Waals surface area contributed by atoms with Crippen molar-refractivity contribution < 1.29 is 5.11 Å². The van der Waals surface area contributed by atoms with Crippen LogP contribution in [0.4, 0.5) is 0 Å². The Morgan fingerprint density at radius 3 is 2.75 bits per heavy atom. The summed E-state index contributed by atoms with van der Waals surface area (Å²) in [5.74, 6) is 0.438. The molecular formula is C11H14N4O. The number of rotatable bonds is 5. The summed E-state index contributed by atoms with van der Waals surface area (Å²) in [6, 6.07) is 10.2. The predicted molar refractivity (Wildman–Crippen MR) is 58.5 cm³/mol. The first-order valence-electron chi connectivity index (χ1n) is 5.32. The van der Waals surface area contributed by atoms with Gasteiger partial charge in [-0.2, -0.15) is 0 Å². The third-order valence-electron chi connectivity index (χ3n) is 2.46. The van der Waals surface area contributed by atoms with Crippen molar-refractivity contribution in [3.05, 3.63) is 41.7 Å². The van der Waals surface area contributed by atoms with Gasteiger partial charge in [0.05, 0.1) is 0 Å². The second kappa shape index (κ2) is 5.37. The molecule has 2 aromatic rings. The second-order valence-corrected chi connectivity index (χ2v) is 3.68. The first-order chi connectivity index (χ1) is 7.86. The molecule has 0 saturated heterocycles. The van der Waals surface area contributed by atoms with E-state index in [9.17, 15) is 5.11 Å². The summed E-state index contributed by atoms with van der Waals surface area (Å²) in [6.45, 7) is 0. The zero-order valence-corrected chi connectivity index (χ0v) is 8.87. The number of aromatic nitrogens is 4. The van der Waals surface area contributed by atoms with Gasteiger partial charge in [-0.15, -0.1) is 5.10 Å². The lowest BCUT2D eigenvalue weighted by Gasteiger charge is -2.06. The molecule has 1 heterocycles. The zero-order chi connectivity index (χ0) is 11.2. The minimum atomic E-state index is -0.598. The van der Waals surface area contributed by atoms with Gasteiger partial charge in [-0.25, -0.2) is 5.10 Å². The van der Waals surface area contributed by atoms with Crippen LogP contribution in [0.5, 0.6) is 0 Å². The highest BCUT2D eigenvalue weighted by atomic mass is 16.3. The number of tetrazole rings is 1. The molecule has 0 aliphatic heterocycles. The van der Waals surface area contributed by atoms with Gasteiger partial charge in [-0.05, 0) is 35.3 Å². The van der Waals surface area contributed by atoms with E-state index < -0.39 is 6.10 Å². The minimum absolute atomic E-state index is 0.438. The van der Waals surface area contributed by atoms with Gasteiger partial charge in [-0.1, -0.05) is 30.3 Å². The largest absolute Gasteiger partial charge is 0.385 e. The van der Waals surface area contributed by atoms with E-state index in [1.165, 1.54) is 5.56 Å². The molecule has 1 aromatic heterocycles. The molecule has 0 amide bonds. The van der Waals surface area contributed by atoms with Gasteiger partial charge >= 0.3 is 0 Å². The molecule has 0 fully saturated rings. The van der Waals surface area contributed by atoms with E-state index in [1.807, 2.05) is 18.2 Å². The zero-order valence-electron chi connectivity index (χ0n) is 8.87. The van der Waals surface area contributed by atoms with E-state index in [-0.39, 0.29) is 0 Å². The number of H-pyrrole nitrogens is 1. The second-order valence-electron chi connectivity index (χ2n) is 3.68. The van der Waals surface area contributed by atoms with Crippen molar-refractivity contribution in [2.75, 3.05) is 0 Å². The highest BCUT2D eigenvalue weighted by molar-refractivity contribution is 5.14. The van der Waals surface area contributed by atoms with Gasteiger partial charge < -0.3 is 5.11 Å². The first-order valence-corrected chi connectivity index (χ1v) is 5.32. The summed E-state index contributed by atoms with van der Waals surface area (Å²) in [7, 11) is 0. The van der Waals surface area contributed by atoms with E-state index in [4.69, 9.17) is 0 Å². The van der Waals surface area contributed by atoms with E-state index in [2.05, 4.69) is 32.8 Å². The topological polar surface area (TPSA) is 74.7 Å². The number of aliphatic hydroxyl groups is 1. The molecule has 0 saturated carbocycles. The van der Waals surface area contributed by atoms with Crippen LogP contribution in [-0.4, -0.2) is 25.7 Å². The van der Waals surface area contributed by atoms with Crippen LogP contribution in [0.15, 0.2) is 30.3 Å². The summed E-state index contributed by atoms with van der Waals surface area (Å²) >= 11 is 0. The fourth-order valence-corrected chi connectivity index (χ4v) is 1.59. The quantitative estimate of drug-likeness (QED) is 0.792. The van der Waals surface area contributed by atoms with Crippen LogP contribution in [0.1, 0.15) is 30.3 Å². The van der Waals surface area contributed by atoms with E-state index >= 15 is 0 Å². The first kappa shape index (κ1) is 10.8. The number of benzene rings is 1. The van der Waals surface area contributed by atoms with Crippen molar-refractivity contribution in [2.45, 2.75) is 25.4 Å². The van der Waals surface area contributed by atoms with E-state index in [0.29, 0.717) is 12.2 Å². The molecule has 0 bridgehead atoms. The number of nitrogens with one attached hydrogen (secondary N) is 1. The lowest BCUT2D eigenvalue weighted by atomic mass is 10.1. The minimum Gasteiger partial charge on any atom is -0.385 e. The smallest absolute Gasteiger partial charge is 0.177 e. The Hall–Kier alpha value is -1.75. The number of nitrogens with zero attached hydrogens (tertiary/aromatic N) is 3. The van der Waals surface area contributed by atoms with Crippen LogP contribution >= 0.6 is 0 Å². The number of hydrogen-bond acceptors (Lipinski definition) is 4. The monoisotopic (exact) mass is 218 g/mol. The van der Waals surface area contributed by atoms with Crippen molar-refractivity contribution in [3.63, 3.8) is 0 Å². The Labute approximate surface area is 93.5 Å². The Bertz CT molecular complexity index is 401. The summed E-state index contributed by atoms with van der Waals surface area (Å²) in [6.07, 6.45) is 1.93. The molecule has 0 radical (unpaired) electrons. The molecule has 1 atom stereocenters. The average molecular weight is 218 g/mol. The molecule has 2 rings (SSSR count). The summed E-state index contributed by atoms with van der Waals surface area (Å²) in [5.41, 5.74) is 1.28. The number of hydrogen-bond donors (Lipinski definition) is 2. The number of aryl methyl sites for hydroxylation is 1. The fourth-order valence-electron chi connectivity index (χ4n) is 1.59. The molecular weight excluding hydrogens is 204 g/mol. The highest BCUT2D eigenvalue weighted by Crippen LogP contribution is 2.14. The van der Waals surface area contributed by atoms with Gasteiger partial charge in [-0.3, -0.25) is 0 Å². The van der Waals surface area contributed by atoms with Crippen LogP contribution in [-0.2, 0) is 6.42 Å². The van der Waals surface area contributed by atoms with Crippen LogP contribution in [0.3, 0.4) is 0 Å². The lowest BCUT2D eigenvalue weighted by molar-refractivity contribution is 0.155. The Morgan fingerprint density at radius 1 is 1.25 bits per heavy atom. The van der Waals surface area contributed by atoms with Crippen molar-refractivity contribution >= 4 is 0 Å². The predicted octanol–water partition coefficient (Wildman–Crippen LogP) is 1.26. The Kier molecular flexibility index (Phi) is 3.61. The van der Waals surface area contributed by atoms with Crippen LogP contribution in [0.2, 0.25) is 0 Å². The molecule has 84 valence electrons. The van der Waals surface area contributed by atoms with Crippen molar-refractivity contribution in [1.29, 1.82) is 0 Å². The summed E-state index contributed by atoms with van der Waals surface area (Å²) < 4.78 is 0. The van der Waals surface area contributed by atoms with Gasteiger partial charge in [0.2, 0.25) is 0 Å². The third-order valence-corrected chi connectivity index (χ3v) is 2.46. The SMILES string of the molecule is OC(CCCc1ccccc1)c1nnn[nH]1. The van der Waals surface area contributed by atoms with E-state index in [0.717, 1.165) is 12.8 Å². The maximum absolute atomic E-state index is 9.71. The number of aromatic amines is 1. The Morgan fingerprint density at radius 2 is 2.06 bits per heavy atom. The summed E-state index contributed by atoms with van der Waals surface area (Å²) in [5, 5.41) is 22.8. The van der Waals surface area contributed by atoms with Crippen LogP contribution in [0.25, 0.3) is 0 Å². The highest BCUT2D eigenvalue weighted by Gasteiger charge is 2.10. The van der Waals surface area contributed by atoms with Crippen molar-refractivity contribution in [1.82, 2.24) is 20.6 Å². The van der Waals surface area contributed by atoms with Gasteiger partial charge in [0.15, 0.2) is 5.82 Å². The van der Waals surface area contributed by atoms with Gasteiger partial charge in [0.1, 0.15) is 6.10 Å². The lowest BCUT2D eigenvalue weighted by Crippen LogP contribution is -2.01. The van der Waals surface area contributed by atoms with Crippen molar-refractivity contribution in [2.24, 2.45) is 0 Å². The maximum atomic E-state index is 9.71. The molecule has 1 unspecified atom stereocenters. The van der Waals surface area contributed by atoms with Crippen LogP contribution < -0.4 is 0 Å². The van der Waals surface area contributed by atoms with Gasteiger partial charge in [0, 0.05) is 0 Å². The maximum Gasteiger partial charge on any atom is 0.177 e. The number of aliphatic hydroxyl groups excluding tert-OH is 1.